The van der Waals surface area contributed by atoms with Gasteiger partial charge in [0.25, 0.3) is 16.7 Å². The van der Waals surface area contributed by atoms with E-state index in [1.165, 1.54) is 69.2 Å². The number of fused-ring (bicyclic) bond motifs is 4. The van der Waals surface area contributed by atoms with Crippen molar-refractivity contribution in [3.8, 4) is 0 Å². The summed E-state index contributed by atoms with van der Waals surface area (Å²) in [5.74, 6) is -1.69. The standard InChI is InChI=1S/C69H89N29O39P6/c1-26-81-54-59(87-65(75)90-62(54)102)97(26)50-14-33(40(130-50)21-123-139(109,110)132-29-10-46(125-35(29)16-99)92-6-3-42(70)83-67(92)104)136-143(117,118)121-19-38-31(12-48(128-38)94-8-5-44(72)85-69(94)106)134-140(111,112)122-20-39-32(13-49(129-39)95-24-79-52-56(73)77-23-78-57(52)95)135-141(113,114)124-22-41-34(15-51(131-41)98-27(2)82-55-60(98)88-66(76)91-63(55)103)137-142(115,116)120-18-37-30(11-47(127-37)93-7-4-43(71)84-68(93)105)133-138(107,108)119-17-36-28(100)9-45(126-36)96-25-80-53-58(96)86-64(74)89-61(53)101/h3-8,23-25,28-41,45-51,99-100H,9-22H2,1-2H3,(H,107,108)(H,109,110)(H,111,112)(H,113,114)(H,115,116)(H,117,118)(H2,70,83,104)(H2,71,84,105)(H2,72,85,106)(H2,73,77,78)(H3,74,86,89,101)(H3,75,87,90,102)(H3,76,88,91,103)/t28-,29-,30-,31-,32-,33-,34-,35+,36+,37+,38+,39+,40+,41+,45+,46+,47+,48+,49+,50+,51+/m0/s1. The number of phosphoric ester groups is 6. The first-order valence-electron chi connectivity index (χ1n) is 42.6. The van der Waals surface area contributed by atoms with Gasteiger partial charge in [-0.1, -0.05) is 0 Å². The number of hydrogen-bond acceptors (Lipinski definition) is 52. The van der Waals surface area contributed by atoms with Crippen LogP contribution in [0.4, 0.5) is 41.1 Å². The van der Waals surface area contributed by atoms with Gasteiger partial charge in [-0.3, -0.25) is 116 Å². The lowest BCUT2D eigenvalue weighted by atomic mass is 10.2. The number of nitrogens with two attached hydrogens (primary N) is 7. The fraction of sp³-hybridized carbons (Fsp3) is 0.536. The van der Waals surface area contributed by atoms with Gasteiger partial charge < -0.3 is 113 Å². The molecule has 0 radical (unpaired) electrons. The van der Waals surface area contributed by atoms with E-state index >= 15 is 0 Å². The quantitative estimate of drug-likeness (QED) is 0.0172. The van der Waals surface area contributed by atoms with Gasteiger partial charge in [0.05, 0.1) is 65.0 Å². The Morgan fingerprint density at radius 3 is 0.993 bits per heavy atom. The van der Waals surface area contributed by atoms with Crippen molar-refractivity contribution < 1.29 is 154 Å². The molecule has 18 rings (SSSR count). The molecule has 0 aromatic carbocycles. The summed E-state index contributed by atoms with van der Waals surface area (Å²) in [7, 11) is -33.4. The van der Waals surface area contributed by atoms with Crippen LogP contribution in [0.3, 0.4) is 0 Å². The predicted octanol–water partition coefficient (Wildman–Crippen LogP) is -2.93. The van der Waals surface area contributed by atoms with E-state index in [4.69, 9.17) is 128 Å². The molecule has 7 aliphatic heterocycles. The molecular weight excluding hydrogens is 2040 g/mol. The van der Waals surface area contributed by atoms with E-state index in [9.17, 15) is 95.7 Å². The third kappa shape index (κ3) is 22.4. The van der Waals surface area contributed by atoms with Crippen molar-refractivity contribution in [2.24, 2.45) is 0 Å². The molecule has 7 fully saturated rings. The number of aliphatic hydroxyl groups is 2. The number of aromatic amines is 3. The van der Waals surface area contributed by atoms with Gasteiger partial charge in [-0.05, 0) is 32.0 Å². The number of ether oxygens (including phenoxy) is 7. The number of aromatic nitrogens is 22. The van der Waals surface area contributed by atoms with E-state index in [0.29, 0.717) is 0 Å². The van der Waals surface area contributed by atoms with Crippen LogP contribution in [0.5, 0.6) is 0 Å². The van der Waals surface area contributed by atoms with Crippen molar-refractivity contribution in [2.45, 2.75) is 188 Å². The van der Waals surface area contributed by atoms with Gasteiger partial charge in [0.2, 0.25) is 17.8 Å². The molecule has 143 heavy (non-hydrogen) atoms. The normalized spacial score (nSPS) is 29.4. The molecule has 0 spiro atoms. The Morgan fingerprint density at radius 2 is 0.636 bits per heavy atom. The second kappa shape index (κ2) is 40.2. The van der Waals surface area contributed by atoms with Crippen LogP contribution in [-0.4, -0.2) is 278 Å². The SMILES string of the molecule is Cc1nc2c(=O)[nH]c(N)nc2n1[C@H]1C[C@H](OP(=O)(O)OC[C@H]2O[C@@H](n3ccc(N)nc3=O)C[C@@H]2OP(=O)(O)OC[C@H]2O[C@@H](n3cnc4c(N)ncnc43)C[C@@H]2OP(=O)(O)OC[C@H]2O[C@@H](n3c(C)nc4c(=O)[nH]c(N)nc43)C[C@@H]2OP(=O)(O)OC[C@H]2O[C@@H](n3ccc(N)nc3=O)C[C@@H]2OP(=O)(O)OC[C@H]2O[C@@H](n3cnc4c(=O)[nH]c(N)nc43)C[C@@H]2O)[C@@H](COP(=O)(O)O[C@H]2C[C@H](n3ccc(N)nc3=O)O[C@@H]2CO)O1. The average Bonchev–Trinajstić information content (AvgIpc) is 1.61. The van der Waals surface area contributed by atoms with Gasteiger partial charge in [-0.2, -0.15) is 29.9 Å². The van der Waals surface area contributed by atoms with Crippen LogP contribution in [0.15, 0.2) is 84.5 Å². The highest BCUT2D eigenvalue weighted by molar-refractivity contribution is 7.48. The van der Waals surface area contributed by atoms with Crippen molar-refractivity contribution in [1.29, 1.82) is 0 Å². The Labute approximate surface area is 794 Å². The molecule has 25 N–H and O–H groups in total. The van der Waals surface area contributed by atoms with Gasteiger partial charge in [-0.15, -0.1) is 0 Å². The molecule has 11 aromatic rings. The van der Waals surface area contributed by atoms with E-state index in [-0.39, 0.29) is 104 Å². The monoisotopic (exact) mass is 2130 g/mol. The van der Waals surface area contributed by atoms with Crippen LogP contribution in [0, 0.1) is 13.8 Å². The summed E-state index contributed by atoms with van der Waals surface area (Å²) in [4.78, 5) is 203. The van der Waals surface area contributed by atoms with Crippen LogP contribution >= 0.6 is 46.9 Å². The number of aliphatic hydroxyl groups excluding tert-OH is 2. The number of aryl methyl sites for hydroxylation is 2. The van der Waals surface area contributed by atoms with Gasteiger partial charge in [0, 0.05) is 63.5 Å². The van der Waals surface area contributed by atoms with E-state index in [1.54, 1.807) is 0 Å². The second-order valence-electron chi connectivity index (χ2n) is 33.0. The zero-order valence-electron chi connectivity index (χ0n) is 73.7. The number of H-pyrrole nitrogens is 3. The number of nitrogens with zero attached hydrogens (tertiary/aromatic N) is 19. The van der Waals surface area contributed by atoms with Crippen LogP contribution < -0.4 is 73.9 Å². The minimum atomic E-state index is -5.70. The number of phosphoric acid groups is 6. The summed E-state index contributed by atoms with van der Waals surface area (Å²) >= 11 is 0. The first-order valence-corrected chi connectivity index (χ1v) is 51.6. The summed E-state index contributed by atoms with van der Waals surface area (Å²) in [6.45, 7) is -4.37. The predicted molar refractivity (Wildman–Crippen MR) is 472 cm³/mol. The minimum absolute atomic E-state index is 0.0132. The Balaban J connectivity index is 0.562. The maximum absolute atomic E-state index is 14.7. The molecule has 6 unspecified atom stereocenters. The van der Waals surface area contributed by atoms with E-state index in [2.05, 4.69) is 74.8 Å². The largest absolute Gasteiger partial charge is 0.472 e. The zero-order chi connectivity index (χ0) is 102. The van der Waals surface area contributed by atoms with Crippen molar-refractivity contribution in [3.05, 3.63) is 130 Å². The Morgan fingerprint density at radius 1 is 0.350 bits per heavy atom. The fourth-order valence-electron chi connectivity index (χ4n) is 17.1. The molecule has 774 valence electrons. The van der Waals surface area contributed by atoms with Crippen molar-refractivity contribution >= 4 is 133 Å². The van der Waals surface area contributed by atoms with Gasteiger partial charge >= 0.3 is 64.0 Å². The summed E-state index contributed by atoms with van der Waals surface area (Å²) in [5, 5.41) is 21.3. The van der Waals surface area contributed by atoms with Gasteiger partial charge in [0.1, 0.15) is 164 Å². The van der Waals surface area contributed by atoms with Crippen LogP contribution in [0.2, 0.25) is 0 Å². The summed E-state index contributed by atoms with van der Waals surface area (Å²) < 4.78 is 204. The number of anilines is 7. The number of hydrogen-bond donors (Lipinski definition) is 18. The summed E-state index contributed by atoms with van der Waals surface area (Å²) in [6, 6.07) is 3.65. The molecule has 74 heteroatoms. The van der Waals surface area contributed by atoms with Crippen molar-refractivity contribution in [3.63, 3.8) is 0 Å². The zero-order valence-corrected chi connectivity index (χ0v) is 79.0. The molecular formula is C69H89N29O39P6. The third-order valence-corrected chi connectivity index (χ3v) is 29.6. The van der Waals surface area contributed by atoms with Crippen LogP contribution in [0.1, 0.15) is 100 Å². The number of nitrogen functional groups attached to an aromatic ring is 7. The lowest BCUT2D eigenvalue weighted by molar-refractivity contribution is -0.0651. The third-order valence-electron chi connectivity index (χ3n) is 23.5. The van der Waals surface area contributed by atoms with Crippen LogP contribution in [0.25, 0.3) is 44.7 Å². The Kier molecular flexibility index (Phi) is 28.7. The van der Waals surface area contributed by atoms with Crippen molar-refractivity contribution in [2.75, 3.05) is 86.4 Å². The lowest BCUT2D eigenvalue weighted by Crippen LogP contribution is -2.32. The Bertz CT molecular complexity index is 7390. The highest BCUT2D eigenvalue weighted by atomic mass is 31.2. The number of rotatable bonds is 38. The minimum Gasteiger partial charge on any atom is -0.394 e. The maximum Gasteiger partial charge on any atom is 0.472 e. The van der Waals surface area contributed by atoms with E-state index in [0.717, 1.165) is 32.4 Å². The highest BCUT2D eigenvalue weighted by Crippen LogP contribution is 2.58. The molecule has 0 amide bonds. The number of imidazole rings is 4. The number of nitrogens with one attached hydrogen (secondary N) is 3. The summed E-state index contributed by atoms with van der Waals surface area (Å²) in [6.07, 6.45) is -29.0. The molecule has 11 aromatic heterocycles. The molecule has 0 saturated carbocycles. The molecule has 7 aliphatic rings. The molecule has 0 bridgehead atoms. The smallest absolute Gasteiger partial charge is 0.394 e. The van der Waals surface area contributed by atoms with Crippen LogP contribution in [-0.2, 0) is 115 Å². The lowest BCUT2D eigenvalue weighted by Gasteiger charge is -2.26. The first-order chi connectivity index (χ1) is 67.6. The first kappa shape index (κ1) is 102. The van der Waals surface area contributed by atoms with Crippen molar-refractivity contribution in [1.82, 2.24) is 107 Å². The van der Waals surface area contributed by atoms with E-state index in [1.807, 2.05) is 0 Å². The maximum atomic E-state index is 14.7. The highest BCUT2D eigenvalue weighted by Gasteiger charge is 2.53. The second-order valence-corrected chi connectivity index (χ2v) is 41.5. The molecule has 0 aliphatic carbocycles. The van der Waals surface area contributed by atoms with Gasteiger partial charge in [0.15, 0.2) is 45.0 Å². The van der Waals surface area contributed by atoms with Gasteiger partial charge in [-0.25, -0.2) is 71.7 Å². The average molecular weight is 2130 g/mol. The molecule has 18 heterocycles. The Hall–Kier alpha value is -10.9. The molecule has 68 nitrogen and oxygen atoms in total. The van der Waals surface area contributed by atoms with E-state index < -0.39 is 294 Å². The fourth-order valence-corrected chi connectivity index (χ4v) is 22.9. The topological polar surface area (TPSA) is 961 Å². The molecule has 27 atom stereocenters. The summed E-state index contributed by atoms with van der Waals surface area (Å²) in [5.41, 5.74) is 34.8. The molecule has 7 saturated heterocycles.